The van der Waals surface area contributed by atoms with Gasteiger partial charge < -0.3 is 9.88 Å². The van der Waals surface area contributed by atoms with E-state index in [9.17, 15) is 4.79 Å². The lowest BCUT2D eigenvalue weighted by Crippen LogP contribution is -2.20. The summed E-state index contributed by atoms with van der Waals surface area (Å²) in [7, 11) is 1.82. The number of aryl methyl sites for hydroxylation is 1. The van der Waals surface area contributed by atoms with Crippen LogP contribution in [-0.2, 0) is 11.2 Å². The molecule has 92 valence electrons. The lowest BCUT2D eigenvalue weighted by molar-refractivity contribution is -0.117. The van der Waals surface area contributed by atoms with Gasteiger partial charge in [-0.05, 0) is 42.4 Å². The molecule has 0 saturated carbocycles. The Kier molecular flexibility index (Phi) is 2.60. The van der Waals surface area contributed by atoms with Crippen LogP contribution in [0.3, 0.4) is 0 Å². The topological polar surface area (TPSA) is 36.1 Å². The summed E-state index contributed by atoms with van der Waals surface area (Å²) < 4.78 is 0.788. The molecule has 0 unspecified atom stereocenters. The van der Waals surface area contributed by atoms with Crippen LogP contribution in [-0.4, -0.2) is 17.9 Å². The van der Waals surface area contributed by atoms with Crippen LogP contribution in [0, 0.1) is 10.9 Å². The molecule has 0 radical (unpaired) electrons. The van der Waals surface area contributed by atoms with Crippen molar-refractivity contribution in [2.75, 3.05) is 11.9 Å². The number of aromatic nitrogens is 1. The fourth-order valence-corrected chi connectivity index (χ4v) is 3.49. The average molecular weight is 276 g/mol. The van der Waals surface area contributed by atoms with E-state index in [2.05, 4.69) is 18.0 Å². The van der Waals surface area contributed by atoms with Gasteiger partial charge in [-0.1, -0.05) is 6.07 Å². The summed E-state index contributed by atoms with van der Waals surface area (Å²) >= 11 is 6.74. The summed E-state index contributed by atoms with van der Waals surface area (Å²) in [6, 6.07) is 6.12. The first-order valence-electron chi connectivity index (χ1n) is 5.66. The van der Waals surface area contributed by atoms with E-state index in [0.29, 0.717) is 6.42 Å². The van der Waals surface area contributed by atoms with E-state index in [1.165, 1.54) is 4.88 Å². The first-order valence-corrected chi connectivity index (χ1v) is 6.88. The van der Waals surface area contributed by atoms with Gasteiger partial charge in [0.25, 0.3) is 0 Å². The van der Waals surface area contributed by atoms with Crippen molar-refractivity contribution in [3.8, 4) is 11.3 Å². The summed E-state index contributed by atoms with van der Waals surface area (Å²) in [6.45, 7) is 2.05. The number of rotatable bonds is 1. The highest BCUT2D eigenvalue weighted by molar-refractivity contribution is 7.73. The zero-order valence-corrected chi connectivity index (χ0v) is 11.7. The Morgan fingerprint density at radius 3 is 2.89 bits per heavy atom. The number of benzene rings is 1. The van der Waals surface area contributed by atoms with Crippen LogP contribution in [0.5, 0.6) is 0 Å². The molecule has 1 aliphatic rings. The second kappa shape index (κ2) is 4.03. The number of anilines is 1. The van der Waals surface area contributed by atoms with Gasteiger partial charge >= 0.3 is 0 Å². The molecule has 1 aliphatic heterocycles. The molecule has 3 rings (SSSR count). The highest BCUT2D eigenvalue weighted by atomic mass is 32.1. The zero-order valence-electron chi connectivity index (χ0n) is 10.1. The number of H-pyrrole nitrogens is 1. The maximum atomic E-state index is 11.7. The highest BCUT2D eigenvalue weighted by Gasteiger charge is 2.24. The minimum atomic E-state index is 0.150. The van der Waals surface area contributed by atoms with E-state index in [1.807, 2.05) is 19.2 Å². The molecule has 0 fully saturated rings. The van der Waals surface area contributed by atoms with Gasteiger partial charge in [-0.3, -0.25) is 4.79 Å². The lowest BCUT2D eigenvalue weighted by Gasteiger charge is -2.10. The van der Waals surface area contributed by atoms with Crippen molar-refractivity contribution in [1.29, 1.82) is 0 Å². The molecule has 5 heteroatoms. The molecule has 1 aromatic heterocycles. The van der Waals surface area contributed by atoms with Gasteiger partial charge in [-0.2, -0.15) is 0 Å². The molecule has 3 nitrogen and oxygen atoms in total. The number of carbonyl (C=O) groups excluding carboxylic acids is 1. The van der Waals surface area contributed by atoms with Gasteiger partial charge in [0, 0.05) is 17.6 Å². The minimum Gasteiger partial charge on any atom is -0.337 e. The predicted molar refractivity (Wildman–Crippen MR) is 76.8 cm³/mol. The summed E-state index contributed by atoms with van der Waals surface area (Å²) in [4.78, 5) is 17.8. The molecule has 1 aromatic carbocycles. The number of aromatic amines is 1. The Labute approximate surface area is 114 Å². The Hall–Kier alpha value is -1.46. The number of fused-ring (bicyclic) bond motifs is 1. The molecule has 1 N–H and O–H groups in total. The number of likely N-dealkylation sites (N-methyl/N-ethyl adjacent to an activating group) is 1. The molecular weight excluding hydrogens is 264 g/mol. The third kappa shape index (κ3) is 1.71. The van der Waals surface area contributed by atoms with Crippen LogP contribution in [0.4, 0.5) is 5.69 Å². The van der Waals surface area contributed by atoms with Crippen molar-refractivity contribution in [2.24, 2.45) is 0 Å². The molecule has 0 saturated heterocycles. The van der Waals surface area contributed by atoms with E-state index in [0.717, 1.165) is 26.5 Å². The average Bonchev–Trinajstić information content (AvgIpc) is 2.80. The van der Waals surface area contributed by atoms with Crippen LogP contribution in [0.2, 0.25) is 0 Å². The molecule has 0 spiro atoms. The Balaban J connectivity index is 2.12. The molecular formula is C13H12N2OS2. The van der Waals surface area contributed by atoms with Crippen molar-refractivity contribution in [1.82, 2.24) is 4.98 Å². The fourth-order valence-electron chi connectivity index (χ4n) is 2.31. The Morgan fingerprint density at radius 1 is 1.44 bits per heavy atom. The summed E-state index contributed by atoms with van der Waals surface area (Å²) in [5.41, 5.74) is 4.26. The van der Waals surface area contributed by atoms with Gasteiger partial charge in [-0.25, -0.2) is 0 Å². The van der Waals surface area contributed by atoms with Crippen LogP contribution in [0.25, 0.3) is 11.3 Å². The smallest absolute Gasteiger partial charge is 0.231 e. The van der Waals surface area contributed by atoms with Crippen molar-refractivity contribution in [2.45, 2.75) is 13.3 Å². The molecule has 2 aromatic rings. The zero-order chi connectivity index (χ0) is 12.9. The second-order valence-corrected chi connectivity index (χ2v) is 6.31. The van der Waals surface area contributed by atoms with E-state index >= 15 is 0 Å². The van der Waals surface area contributed by atoms with Crippen LogP contribution in [0.1, 0.15) is 10.4 Å². The monoisotopic (exact) mass is 276 g/mol. The SMILES string of the molecule is Cc1sc(=S)[nH]c1-c1ccc2c(c1)CC(=O)N2C. The quantitative estimate of drug-likeness (QED) is 0.811. The number of carbonyl (C=O) groups is 1. The second-order valence-electron chi connectivity index (χ2n) is 4.42. The molecule has 0 aliphatic carbocycles. The highest BCUT2D eigenvalue weighted by Crippen LogP contribution is 2.33. The van der Waals surface area contributed by atoms with Crippen LogP contribution >= 0.6 is 23.6 Å². The maximum absolute atomic E-state index is 11.7. The summed E-state index contributed by atoms with van der Waals surface area (Å²) in [5, 5.41) is 0. The molecule has 0 bridgehead atoms. The molecule has 2 heterocycles. The van der Waals surface area contributed by atoms with Crippen LogP contribution < -0.4 is 4.90 Å². The van der Waals surface area contributed by atoms with Gasteiger partial charge in [0.05, 0.1) is 12.1 Å². The van der Waals surface area contributed by atoms with Gasteiger partial charge in [0.1, 0.15) is 0 Å². The van der Waals surface area contributed by atoms with Crippen molar-refractivity contribution >= 4 is 35.1 Å². The van der Waals surface area contributed by atoms with Gasteiger partial charge in [0.2, 0.25) is 5.91 Å². The van der Waals surface area contributed by atoms with Crippen molar-refractivity contribution < 1.29 is 4.79 Å². The predicted octanol–water partition coefficient (Wildman–Crippen LogP) is 3.30. The number of hydrogen-bond acceptors (Lipinski definition) is 3. The summed E-state index contributed by atoms with van der Waals surface area (Å²) in [6.07, 6.45) is 0.490. The van der Waals surface area contributed by atoms with Crippen molar-refractivity contribution in [3.05, 3.63) is 32.6 Å². The summed E-state index contributed by atoms with van der Waals surface area (Å²) in [5.74, 6) is 0.150. The lowest BCUT2D eigenvalue weighted by atomic mass is 10.1. The Bertz CT molecular complexity index is 699. The number of nitrogens with zero attached hydrogens (tertiary/aromatic N) is 1. The number of amides is 1. The first-order chi connectivity index (χ1) is 8.56. The van der Waals surface area contributed by atoms with Crippen LogP contribution in [0.15, 0.2) is 18.2 Å². The molecule has 18 heavy (non-hydrogen) atoms. The number of nitrogens with one attached hydrogen (secondary N) is 1. The van der Waals surface area contributed by atoms with E-state index < -0.39 is 0 Å². The standard InChI is InChI=1S/C13H12N2OS2/c1-7-12(14-13(17)18-7)8-3-4-10-9(5-8)6-11(16)15(10)2/h3-5H,6H2,1-2H3,(H,14,17). The first kappa shape index (κ1) is 11.6. The van der Waals surface area contributed by atoms with Gasteiger partial charge in [-0.15, -0.1) is 11.3 Å². The van der Waals surface area contributed by atoms with Crippen molar-refractivity contribution in [3.63, 3.8) is 0 Å². The Morgan fingerprint density at radius 2 is 2.22 bits per heavy atom. The third-order valence-corrected chi connectivity index (χ3v) is 4.42. The van der Waals surface area contributed by atoms with E-state index in [4.69, 9.17) is 12.2 Å². The maximum Gasteiger partial charge on any atom is 0.231 e. The van der Waals surface area contributed by atoms with Gasteiger partial charge in [0.15, 0.2) is 3.95 Å². The fraction of sp³-hybridized carbons (Fsp3) is 0.231. The van der Waals surface area contributed by atoms with E-state index in [1.54, 1.807) is 16.2 Å². The number of hydrogen-bond donors (Lipinski definition) is 1. The third-order valence-electron chi connectivity index (χ3n) is 3.27. The normalized spacial score (nSPS) is 14.1. The molecule has 0 atom stereocenters. The minimum absolute atomic E-state index is 0.150. The molecule has 1 amide bonds. The largest absolute Gasteiger partial charge is 0.337 e. The number of thiazole rings is 1. The van der Waals surface area contributed by atoms with E-state index in [-0.39, 0.29) is 5.91 Å².